The summed E-state index contributed by atoms with van der Waals surface area (Å²) in [5.74, 6) is -0.470. The lowest BCUT2D eigenvalue weighted by Crippen LogP contribution is -2.33. The second-order valence-corrected chi connectivity index (χ2v) is 5.03. The van der Waals surface area contributed by atoms with Gasteiger partial charge in [0, 0.05) is 13.7 Å². The Morgan fingerprint density at radius 3 is 2.65 bits per heavy atom. The van der Waals surface area contributed by atoms with Crippen LogP contribution in [-0.2, 0) is 15.7 Å². The molecule has 2 rings (SSSR count). The molecule has 1 heterocycles. The molecule has 1 amide bonds. The fourth-order valence-corrected chi connectivity index (χ4v) is 2.38. The Morgan fingerprint density at radius 2 is 2.15 bits per heavy atom. The second kappa shape index (κ2) is 5.61. The zero-order valence-electron chi connectivity index (χ0n) is 10.7. The van der Waals surface area contributed by atoms with E-state index in [1.54, 1.807) is 0 Å². The lowest BCUT2D eigenvalue weighted by molar-refractivity contribution is -0.137. The van der Waals surface area contributed by atoms with E-state index in [2.05, 4.69) is 0 Å². The Balaban J connectivity index is 2.22. The predicted octanol–water partition coefficient (Wildman–Crippen LogP) is 3.36. The van der Waals surface area contributed by atoms with Gasteiger partial charge in [0.1, 0.15) is 0 Å². The standard InChI is InChI=1S/C13H13ClF3NO2/c1-18(12(19)8-4-5-20-7-8)11-3-2-9(6-10(11)14)13(15,16)17/h2-3,6,8H,4-5,7H2,1H3. The highest BCUT2D eigenvalue weighted by molar-refractivity contribution is 6.33. The van der Waals surface area contributed by atoms with Crippen LogP contribution in [0.5, 0.6) is 0 Å². The molecule has 0 aromatic heterocycles. The number of carbonyl (C=O) groups is 1. The summed E-state index contributed by atoms with van der Waals surface area (Å²) in [6, 6.07) is 2.95. The van der Waals surface area contributed by atoms with Crippen LogP contribution >= 0.6 is 11.6 Å². The summed E-state index contributed by atoms with van der Waals surface area (Å²) in [6.07, 6.45) is -3.84. The summed E-state index contributed by atoms with van der Waals surface area (Å²) in [4.78, 5) is 13.4. The van der Waals surface area contributed by atoms with E-state index in [-0.39, 0.29) is 22.5 Å². The van der Waals surface area contributed by atoms with Crippen molar-refractivity contribution in [1.29, 1.82) is 0 Å². The smallest absolute Gasteiger partial charge is 0.381 e. The van der Waals surface area contributed by atoms with Crippen molar-refractivity contribution < 1.29 is 22.7 Å². The monoisotopic (exact) mass is 307 g/mol. The van der Waals surface area contributed by atoms with Crippen LogP contribution in [0.2, 0.25) is 5.02 Å². The van der Waals surface area contributed by atoms with Crippen molar-refractivity contribution in [3.63, 3.8) is 0 Å². The van der Waals surface area contributed by atoms with Crippen LogP contribution in [0, 0.1) is 5.92 Å². The molecule has 1 fully saturated rings. The first-order chi connectivity index (χ1) is 9.30. The summed E-state index contributed by atoms with van der Waals surface area (Å²) >= 11 is 5.86. The molecule has 0 spiro atoms. The molecule has 1 unspecified atom stereocenters. The summed E-state index contributed by atoms with van der Waals surface area (Å²) < 4.78 is 42.8. The maximum absolute atomic E-state index is 12.5. The minimum absolute atomic E-state index is 0.102. The van der Waals surface area contributed by atoms with Gasteiger partial charge in [0.25, 0.3) is 0 Å². The fraction of sp³-hybridized carbons (Fsp3) is 0.462. The number of alkyl halides is 3. The van der Waals surface area contributed by atoms with Crippen LogP contribution in [0.1, 0.15) is 12.0 Å². The third kappa shape index (κ3) is 3.07. The van der Waals surface area contributed by atoms with Crippen molar-refractivity contribution in [2.45, 2.75) is 12.6 Å². The third-order valence-electron chi connectivity index (χ3n) is 3.25. The fourth-order valence-electron chi connectivity index (χ4n) is 2.08. The number of hydrogen-bond acceptors (Lipinski definition) is 2. The van der Waals surface area contributed by atoms with Gasteiger partial charge in [-0.15, -0.1) is 0 Å². The molecule has 0 N–H and O–H groups in total. The Kier molecular flexibility index (Phi) is 4.25. The van der Waals surface area contributed by atoms with Gasteiger partial charge < -0.3 is 9.64 Å². The van der Waals surface area contributed by atoms with E-state index >= 15 is 0 Å². The molecule has 0 aliphatic carbocycles. The highest BCUT2D eigenvalue weighted by Crippen LogP contribution is 2.35. The predicted molar refractivity (Wildman–Crippen MR) is 68.8 cm³/mol. The number of nitrogens with zero attached hydrogens (tertiary/aromatic N) is 1. The number of carbonyl (C=O) groups excluding carboxylic acids is 1. The number of anilines is 1. The largest absolute Gasteiger partial charge is 0.416 e. The maximum atomic E-state index is 12.5. The zero-order chi connectivity index (χ0) is 14.9. The van der Waals surface area contributed by atoms with Crippen molar-refractivity contribution in [3.05, 3.63) is 28.8 Å². The number of benzene rings is 1. The first-order valence-electron chi connectivity index (χ1n) is 6.03. The Hall–Kier alpha value is -1.27. The van der Waals surface area contributed by atoms with E-state index in [4.69, 9.17) is 16.3 Å². The molecule has 1 aromatic rings. The average Bonchev–Trinajstić information content (AvgIpc) is 2.89. The number of hydrogen-bond donors (Lipinski definition) is 0. The molecule has 1 atom stereocenters. The lowest BCUT2D eigenvalue weighted by atomic mass is 10.1. The molecular formula is C13H13ClF3NO2. The third-order valence-corrected chi connectivity index (χ3v) is 3.55. The van der Waals surface area contributed by atoms with E-state index in [0.717, 1.165) is 12.1 Å². The molecule has 3 nitrogen and oxygen atoms in total. The van der Waals surface area contributed by atoms with Gasteiger partial charge in [0.05, 0.1) is 28.8 Å². The van der Waals surface area contributed by atoms with Gasteiger partial charge in [-0.25, -0.2) is 0 Å². The maximum Gasteiger partial charge on any atom is 0.416 e. The first kappa shape index (κ1) is 15.1. The quantitative estimate of drug-likeness (QED) is 0.838. The zero-order valence-corrected chi connectivity index (χ0v) is 11.5. The Morgan fingerprint density at radius 1 is 1.45 bits per heavy atom. The number of rotatable bonds is 2. The molecule has 0 bridgehead atoms. The van der Waals surface area contributed by atoms with E-state index < -0.39 is 11.7 Å². The van der Waals surface area contributed by atoms with Crippen molar-refractivity contribution in [3.8, 4) is 0 Å². The summed E-state index contributed by atoms with van der Waals surface area (Å²) in [7, 11) is 1.50. The van der Waals surface area contributed by atoms with Crippen molar-refractivity contribution in [1.82, 2.24) is 0 Å². The van der Waals surface area contributed by atoms with E-state index in [1.165, 1.54) is 18.0 Å². The normalized spacial score (nSPS) is 19.1. The van der Waals surface area contributed by atoms with Crippen molar-refractivity contribution in [2.24, 2.45) is 5.92 Å². The van der Waals surface area contributed by atoms with E-state index in [1.807, 2.05) is 0 Å². The summed E-state index contributed by atoms with van der Waals surface area (Å²) in [6.45, 7) is 0.854. The molecule has 0 radical (unpaired) electrons. The molecular weight excluding hydrogens is 295 g/mol. The van der Waals surface area contributed by atoms with Crippen LogP contribution in [-0.4, -0.2) is 26.2 Å². The van der Waals surface area contributed by atoms with E-state index in [9.17, 15) is 18.0 Å². The first-order valence-corrected chi connectivity index (χ1v) is 6.40. The summed E-state index contributed by atoms with van der Waals surface area (Å²) in [5, 5.41) is -0.102. The van der Waals surface area contributed by atoms with Crippen LogP contribution in [0.25, 0.3) is 0 Å². The highest BCUT2D eigenvalue weighted by Gasteiger charge is 2.32. The van der Waals surface area contributed by atoms with Crippen LogP contribution in [0.15, 0.2) is 18.2 Å². The van der Waals surface area contributed by atoms with Gasteiger partial charge in [0.2, 0.25) is 5.91 Å². The van der Waals surface area contributed by atoms with Crippen LogP contribution in [0.4, 0.5) is 18.9 Å². The van der Waals surface area contributed by atoms with Gasteiger partial charge >= 0.3 is 6.18 Å². The van der Waals surface area contributed by atoms with Crippen LogP contribution < -0.4 is 4.90 Å². The Labute approximate surface area is 119 Å². The van der Waals surface area contributed by atoms with Gasteiger partial charge in [0.15, 0.2) is 0 Å². The number of ether oxygens (including phenoxy) is 1. The highest BCUT2D eigenvalue weighted by atomic mass is 35.5. The number of amides is 1. The van der Waals surface area contributed by atoms with Crippen molar-refractivity contribution in [2.75, 3.05) is 25.2 Å². The minimum atomic E-state index is -4.45. The topological polar surface area (TPSA) is 29.5 Å². The molecule has 1 saturated heterocycles. The molecule has 20 heavy (non-hydrogen) atoms. The molecule has 0 saturated carbocycles. The SMILES string of the molecule is CN(C(=O)C1CCOC1)c1ccc(C(F)(F)F)cc1Cl. The molecule has 110 valence electrons. The number of halogens is 4. The van der Waals surface area contributed by atoms with Gasteiger partial charge in [-0.05, 0) is 24.6 Å². The van der Waals surface area contributed by atoms with Crippen molar-refractivity contribution >= 4 is 23.2 Å². The molecule has 7 heteroatoms. The lowest BCUT2D eigenvalue weighted by Gasteiger charge is -2.22. The van der Waals surface area contributed by atoms with Crippen LogP contribution in [0.3, 0.4) is 0 Å². The van der Waals surface area contributed by atoms with Gasteiger partial charge in [-0.1, -0.05) is 11.6 Å². The summed E-state index contributed by atoms with van der Waals surface area (Å²) in [5.41, 5.74) is -0.576. The molecule has 1 aliphatic rings. The minimum Gasteiger partial charge on any atom is -0.381 e. The van der Waals surface area contributed by atoms with E-state index in [0.29, 0.717) is 19.6 Å². The molecule has 1 aromatic carbocycles. The molecule has 1 aliphatic heterocycles. The second-order valence-electron chi connectivity index (χ2n) is 4.62. The average molecular weight is 308 g/mol. The van der Waals surface area contributed by atoms with Gasteiger partial charge in [-0.2, -0.15) is 13.2 Å². The van der Waals surface area contributed by atoms with Gasteiger partial charge in [-0.3, -0.25) is 4.79 Å². The Bertz CT molecular complexity index is 513.